The fourth-order valence-corrected chi connectivity index (χ4v) is 1.92. The molecule has 0 saturated carbocycles. The Bertz CT molecular complexity index is 394. The molecule has 0 amide bonds. The van der Waals surface area contributed by atoms with Gasteiger partial charge in [0.05, 0.1) is 5.38 Å². The van der Waals surface area contributed by atoms with Crippen molar-refractivity contribution in [1.82, 2.24) is 0 Å². The summed E-state index contributed by atoms with van der Waals surface area (Å²) in [5.41, 5.74) is 2.46. The van der Waals surface area contributed by atoms with Gasteiger partial charge in [-0.15, -0.1) is 11.6 Å². The van der Waals surface area contributed by atoms with Crippen LogP contribution in [0.25, 0.3) is 0 Å². The second-order valence-electron chi connectivity index (χ2n) is 3.57. The van der Waals surface area contributed by atoms with Crippen molar-refractivity contribution < 1.29 is 0 Å². The van der Waals surface area contributed by atoms with Crippen molar-refractivity contribution in [3.8, 4) is 0 Å². The van der Waals surface area contributed by atoms with Gasteiger partial charge in [-0.05, 0) is 17.5 Å². The summed E-state index contributed by atoms with van der Waals surface area (Å²) in [6.07, 6.45) is 0.881. The van der Waals surface area contributed by atoms with Crippen molar-refractivity contribution in [1.29, 1.82) is 0 Å². The highest BCUT2D eigenvalue weighted by Crippen LogP contribution is 2.24. The van der Waals surface area contributed by atoms with Crippen LogP contribution in [-0.4, -0.2) is 0 Å². The first-order valence-electron chi connectivity index (χ1n) is 5.09. The van der Waals surface area contributed by atoms with E-state index in [-0.39, 0.29) is 5.38 Å². The van der Waals surface area contributed by atoms with E-state index in [2.05, 4.69) is 24.3 Å². The first-order valence-corrected chi connectivity index (χ1v) is 5.53. The van der Waals surface area contributed by atoms with Crippen molar-refractivity contribution in [3.05, 3.63) is 71.8 Å². The first kappa shape index (κ1) is 10.3. The van der Waals surface area contributed by atoms with E-state index in [9.17, 15) is 0 Å². The molecule has 1 atom stereocenters. The summed E-state index contributed by atoms with van der Waals surface area (Å²) in [5, 5.41) is 0.0635. The minimum atomic E-state index is 0.0635. The van der Waals surface area contributed by atoms with Gasteiger partial charge in [-0.1, -0.05) is 60.7 Å². The van der Waals surface area contributed by atoms with Gasteiger partial charge in [0.25, 0.3) is 0 Å². The molecule has 2 aromatic carbocycles. The quantitative estimate of drug-likeness (QED) is 0.675. The Balaban J connectivity index is 2.08. The number of benzene rings is 2. The lowest BCUT2D eigenvalue weighted by Gasteiger charge is -2.09. The minimum absolute atomic E-state index is 0.0635. The number of hydrogen-bond acceptors (Lipinski definition) is 0. The number of rotatable bonds is 3. The molecule has 1 unspecified atom stereocenters. The fourth-order valence-electron chi connectivity index (χ4n) is 1.60. The van der Waals surface area contributed by atoms with Gasteiger partial charge in [-0.2, -0.15) is 0 Å². The summed E-state index contributed by atoms with van der Waals surface area (Å²) in [5.74, 6) is 0. The molecule has 2 rings (SSSR count). The Morgan fingerprint density at radius 2 is 1.33 bits per heavy atom. The maximum Gasteiger partial charge on any atom is 0.0625 e. The maximum absolute atomic E-state index is 6.34. The van der Waals surface area contributed by atoms with E-state index in [4.69, 9.17) is 11.6 Å². The molecule has 0 nitrogen and oxygen atoms in total. The van der Waals surface area contributed by atoms with Crippen LogP contribution in [0.3, 0.4) is 0 Å². The van der Waals surface area contributed by atoms with Gasteiger partial charge < -0.3 is 0 Å². The lowest BCUT2D eigenvalue weighted by molar-refractivity contribution is 0.920. The van der Waals surface area contributed by atoms with Crippen LogP contribution in [0.5, 0.6) is 0 Å². The van der Waals surface area contributed by atoms with E-state index in [1.807, 2.05) is 36.4 Å². The molecule has 0 N–H and O–H groups in total. The monoisotopic (exact) mass is 216 g/mol. The standard InChI is InChI=1S/C14H13Cl/c15-14(13-9-5-2-6-10-13)11-12-7-3-1-4-8-12/h1-10,14H,11H2. The van der Waals surface area contributed by atoms with E-state index in [0.29, 0.717) is 0 Å². The molecule has 1 heteroatoms. The average Bonchev–Trinajstić information content (AvgIpc) is 2.31. The van der Waals surface area contributed by atoms with Crippen LogP contribution in [0.2, 0.25) is 0 Å². The summed E-state index contributed by atoms with van der Waals surface area (Å²) in [6, 6.07) is 20.5. The average molecular weight is 217 g/mol. The van der Waals surface area contributed by atoms with Gasteiger partial charge in [0.2, 0.25) is 0 Å². The Labute approximate surface area is 95.5 Å². The number of hydrogen-bond donors (Lipinski definition) is 0. The molecule has 0 saturated heterocycles. The van der Waals surface area contributed by atoms with Crippen molar-refractivity contribution in [2.75, 3.05) is 0 Å². The molecule has 0 heterocycles. The lowest BCUT2D eigenvalue weighted by atomic mass is 10.0. The van der Waals surface area contributed by atoms with E-state index in [0.717, 1.165) is 6.42 Å². The molecular weight excluding hydrogens is 204 g/mol. The largest absolute Gasteiger partial charge is 0.117 e. The van der Waals surface area contributed by atoms with Gasteiger partial charge in [-0.3, -0.25) is 0 Å². The van der Waals surface area contributed by atoms with E-state index in [1.54, 1.807) is 0 Å². The third kappa shape index (κ3) is 2.84. The number of alkyl halides is 1. The normalized spacial score (nSPS) is 12.3. The molecule has 0 spiro atoms. The van der Waals surface area contributed by atoms with Gasteiger partial charge in [0, 0.05) is 0 Å². The highest BCUT2D eigenvalue weighted by molar-refractivity contribution is 6.20. The van der Waals surface area contributed by atoms with Crippen molar-refractivity contribution in [2.24, 2.45) is 0 Å². The van der Waals surface area contributed by atoms with Crippen LogP contribution in [0, 0.1) is 0 Å². The Kier molecular flexibility index (Phi) is 3.41. The van der Waals surface area contributed by atoms with Gasteiger partial charge in [0.15, 0.2) is 0 Å². The van der Waals surface area contributed by atoms with Crippen molar-refractivity contribution >= 4 is 11.6 Å². The van der Waals surface area contributed by atoms with E-state index >= 15 is 0 Å². The molecule has 76 valence electrons. The molecule has 15 heavy (non-hydrogen) atoms. The second-order valence-corrected chi connectivity index (χ2v) is 4.09. The molecule has 0 aliphatic heterocycles. The van der Waals surface area contributed by atoms with Crippen LogP contribution in [0.15, 0.2) is 60.7 Å². The maximum atomic E-state index is 6.34. The van der Waals surface area contributed by atoms with E-state index in [1.165, 1.54) is 11.1 Å². The topological polar surface area (TPSA) is 0 Å². The molecular formula is C14H13Cl. The summed E-state index contributed by atoms with van der Waals surface area (Å²) in [4.78, 5) is 0. The predicted octanol–water partition coefficient (Wildman–Crippen LogP) is 4.21. The highest BCUT2D eigenvalue weighted by atomic mass is 35.5. The Morgan fingerprint density at radius 1 is 0.800 bits per heavy atom. The summed E-state index contributed by atoms with van der Waals surface area (Å²) in [6.45, 7) is 0. The summed E-state index contributed by atoms with van der Waals surface area (Å²) in [7, 11) is 0. The molecule has 0 aliphatic carbocycles. The van der Waals surface area contributed by atoms with Crippen molar-refractivity contribution in [2.45, 2.75) is 11.8 Å². The Morgan fingerprint density at radius 3 is 1.93 bits per heavy atom. The highest BCUT2D eigenvalue weighted by Gasteiger charge is 2.07. The fraction of sp³-hybridized carbons (Fsp3) is 0.143. The van der Waals surface area contributed by atoms with Crippen LogP contribution in [0.1, 0.15) is 16.5 Å². The molecule has 0 fully saturated rings. The van der Waals surface area contributed by atoms with Crippen LogP contribution in [0.4, 0.5) is 0 Å². The van der Waals surface area contributed by atoms with Crippen LogP contribution in [-0.2, 0) is 6.42 Å². The molecule has 2 aromatic rings. The first-order chi connectivity index (χ1) is 7.36. The van der Waals surface area contributed by atoms with Crippen LogP contribution < -0.4 is 0 Å². The lowest BCUT2D eigenvalue weighted by Crippen LogP contribution is -1.94. The minimum Gasteiger partial charge on any atom is -0.117 e. The summed E-state index contributed by atoms with van der Waals surface area (Å²) >= 11 is 6.34. The number of halogens is 1. The molecule has 0 aromatic heterocycles. The van der Waals surface area contributed by atoms with Crippen LogP contribution >= 0.6 is 11.6 Å². The van der Waals surface area contributed by atoms with Gasteiger partial charge >= 0.3 is 0 Å². The zero-order valence-electron chi connectivity index (χ0n) is 8.44. The molecule has 0 bridgehead atoms. The molecule has 0 aliphatic rings. The third-order valence-electron chi connectivity index (χ3n) is 2.42. The molecule has 0 radical (unpaired) electrons. The smallest absolute Gasteiger partial charge is 0.0625 e. The third-order valence-corrected chi connectivity index (χ3v) is 2.83. The zero-order chi connectivity index (χ0) is 10.5. The van der Waals surface area contributed by atoms with E-state index < -0.39 is 0 Å². The second kappa shape index (κ2) is 4.99. The van der Waals surface area contributed by atoms with Crippen molar-refractivity contribution in [3.63, 3.8) is 0 Å². The predicted molar refractivity (Wildman–Crippen MR) is 65.2 cm³/mol. The Hall–Kier alpha value is -1.27. The zero-order valence-corrected chi connectivity index (χ0v) is 9.19. The van der Waals surface area contributed by atoms with Gasteiger partial charge in [-0.25, -0.2) is 0 Å². The summed E-state index contributed by atoms with van der Waals surface area (Å²) < 4.78 is 0. The SMILES string of the molecule is ClC(Cc1ccccc1)c1ccccc1. The van der Waals surface area contributed by atoms with Gasteiger partial charge in [0.1, 0.15) is 0 Å².